The summed E-state index contributed by atoms with van der Waals surface area (Å²) in [6.07, 6.45) is 4.46. The van der Waals surface area contributed by atoms with E-state index in [4.69, 9.17) is 4.74 Å². The van der Waals surface area contributed by atoms with Crippen LogP contribution in [0, 0.1) is 5.92 Å². The summed E-state index contributed by atoms with van der Waals surface area (Å²) in [5.41, 5.74) is 2.09. The Balaban J connectivity index is 1.47. The first-order valence-corrected chi connectivity index (χ1v) is 8.73. The Bertz CT molecular complexity index is 747. The Morgan fingerprint density at radius 2 is 2.08 bits per heavy atom. The molecule has 1 aliphatic heterocycles. The second-order valence-electron chi connectivity index (χ2n) is 6.42. The lowest BCUT2D eigenvalue weighted by molar-refractivity contribution is -0.129. The molecule has 3 rings (SSSR count). The zero-order valence-electron chi connectivity index (χ0n) is 14.9. The summed E-state index contributed by atoms with van der Waals surface area (Å²) in [5, 5.41) is 2.90. The summed E-state index contributed by atoms with van der Waals surface area (Å²) >= 11 is 0. The van der Waals surface area contributed by atoms with Crippen LogP contribution in [0.3, 0.4) is 0 Å². The van der Waals surface area contributed by atoms with Gasteiger partial charge in [-0.05, 0) is 35.7 Å². The molecule has 0 saturated carbocycles. The van der Waals surface area contributed by atoms with Crippen molar-refractivity contribution in [2.45, 2.75) is 19.4 Å². The normalized spacial score (nSPS) is 16.6. The number of methoxy groups -OCH3 is 1. The van der Waals surface area contributed by atoms with Gasteiger partial charge in [-0.15, -0.1) is 0 Å². The molecule has 6 nitrogen and oxygen atoms in total. The zero-order valence-corrected chi connectivity index (χ0v) is 14.9. The van der Waals surface area contributed by atoms with Crippen molar-refractivity contribution in [1.29, 1.82) is 0 Å². The fraction of sp³-hybridized carbons (Fsp3) is 0.350. The molecule has 1 atom stereocenters. The van der Waals surface area contributed by atoms with E-state index in [1.54, 1.807) is 24.4 Å². The number of nitrogens with zero attached hydrogens (tertiary/aromatic N) is 2. The number of nitrogens with one attached hydrogen (secondary N) is 1. The van der Waals surface area contributed by atoms with Gasteiger partial charge in [0, 0.05) is 38.4 Å². The summed E-state index contributed by atoms with van der Waals surface area (Å²) in [5.74, 6) is 0.501. The molecule has 2 amide bonds. The molecule has 2 aromatic rings. The third-order valence-electron chi connectivity index (χ3n) is 4.60. The van der Waals surface area contributed by atoms with Gasteiger partial charge in [0.1, 0.15) is 5.75 Å². The lowest BCUT2D eigenvalue weighted by atomic mass is 10.1. The molecule has 0 bridgehead atoms. The summed E-state index contributed by atoms with van der Waals surface area (Å²) in [6, 6.07) is 11.6. The Hall–Kier alpha value is -2.89. The molecule has 1 aromatic carbocycles. The number of ether oxygens (including phenoxy) is 1. The highest BCUT2D eigenvalue weighted by Gasteiger charge is 2.33. The van der Waals surface area contributed by atoms with Gasteiger partial charge in [-0.25, -0.2) is 0 Å². The smallest absolute Gasteiger partial charge is 0.225 e. The van der Waals surface area contributed by atoms with E-state index >= 15 is 0 Å². The van der Waals surface area contributed by atoms with Gasteiger partial charge in [0.05, 0.1) is 13.0 Å². The van der Waals surface area contributed by atoms with Crippen LogP contribution in [0.25, 0.3) is 0 Å². The van der Waals surface area contributed by atoms with Gasteiger partial charge in [-0.3, -0.25) is 14.6 Å². The Kier molecular flexibility index (Phi) is 5.84. The number of hydrogen-bond donors (Lipinski definition) is 1. The predicted octanol–water partition coefficient (Wildman–Crippen LogP) is 1.80. The van der Waals surface area contributed by atoms with E-state index in [2.05, 4.69) is 10.3 Å². The minimum atomic E-state index is -0.282. The zero-order chi connectivity index (χ0) is 18.4. The number of carbonyl (C=O) groups is 2. The highest BCUT2D eigenvalue weighted by atomic mass is 16.5. The number of benzene rings is 1. The molecule has 0 radical (unpaired) electrons. The SMILES string of the molecule is COc1ccc(CCN2CC(C(=O)NCc3cccnc3)CC2=O)cc1. The van der Waals surface area contributed by atoms with Gasteiger partial charge in [0.25, 0.3) is 0 Å². The topological polar surface area (TPSA) is 71.5 Å². The monoisotopic (exact) mass is 353 g/mol. The van der Waals surface area contributed by atoms with Crippen molar-refractivity contribution in [2.75, 3.05) is 20.2 Å². The van der Waals surface area contributed by atoms with E-state index in [0.717, 1.165) is 23.3 Å². The first-order chi connectivity index (χ1) is 12.7. The highest BCUT2D eigenvalue weighted by molar-refractivity contribution is 5.89. The van der Waals surface area contributed by atoms with Crippen LogP contribution in [0.4, 0.5) is 0 Å². The van der Waals surface area contributed by atoms with Gasteiger partial charge in [0.2, 0.25) is 11.8 Å². The Morgan fingerprint density at radius 1 is 1.27 bits per heavy atom. The van der Waals surface area contributed by atoms with Crippen LogP contribution in [-0.2, 0) is 22.6 Å². The van der Waals surface area contributed by atoms with Crippen molar-refractivity contribution in [3.8, 4) is 5.75 Å². The maximum Gasteiger partial charge on any atom is 0.225 e. The van der Waals surface area contributed by atoms with Crippen LogP contribution in [0.15, 0.2) is 48.8 Å². The molecule has 1 unspecified atom stereocenters. The maximum absolute atomic E-state index is 12.3. The Morgan fingerprint density at radius 3 is 2.77 bits per heavy atom. The predicted molar refractivity (Wildman–Crippen MR) is 97.5 cm³/mol. The van der Waals surface area contributed by atoms with Gasteiger partial charge >= 0.3 is 0 Å². The first-order valence-electron chi connectivity index (χ1n) is 8.73. The molecule has 0 aliphatic carbocycles. The van der Waals surface area contributed by atoms with Gasteiger partial charge in [-0.1, -0.05) is 18.2 Å². The van der Waals surface area contributed by atoms with Crippen LogP contribution >= 0.6 is 0 Å². The number of likely N-dealkylation sites (tertiary alicyclic amines) is 1. The molecule has 136 valence electrons. The third-order valence-corrected chi connectivity index (χ3v) is 4.60. The number of hydrogen-bond acceptors (Lipinski definition) is 4. The largest absolute Gasteiger partial charge is 0.497 e. The van der Waals surface area contributed by atoms with Crippen LogP contribution in [0.5, 0.6) is 5.75 Å². The summed E-state index contributed by atoms with van der Waals surface area (Å²) in [6.45, 7) is 1.54. The number of carbonyl (C=O) groups excluding carboxylic acids is 2. The molecular weight excluding hydrogens is 330 g/mol. The van der Waals surface area contributed by atoms with Crippen LogP contribution in [0.2, 0.25) is 0 Å². The standard InChI is InChI=1S/C20H23N3O3/c1-26-18-6-4-15(5-7-18)8-10-23-14-17(11-19(23)24)20(25)22-13-16-3-2-9-21-12-16/h2-7,9,12,17H,8,10-11,13-14H2,1H3,(H,22,25). The average molecular weight is 353 g/mol. The summed E-state index contributed by atoms with van der Waals surface area (Å²) < 4.78 is 5.15. The van der Waals surface area contributed by atoms with E-state index in [1.165, 1.54) is 0 Å². The van der Waals surface area contributed by atoms with E-state index in [1.807, 2.05) is 36.4 Å². The third kappa shape index (κ3) is 4.59. The second kappa shape index (κ2) is 8.47. The first kappa shape index (κ1) is 17.9. The highest BCUT2D eigenvalue weighted by Crippen LogP contribution is 2.19. The number of pyridine rings is 1. The van der Waals surface area contributed by atoms with E-state index in [-0.39, 0.29) is 24.2 Å². The molecule has 1 aromatic heterocycles. The van der Waals surface area contributed by atoms with Crippen LogP contribution < -0.4 is 10.1 Å². The summed E-state index contributed by atoms with van der Waals surface area (Å²) in [4.78, 5) is 30.3. The van der Waals surface area contributed by atoms with E-state index in [0.29, 0.717) is 19.6 Å². The molecular formula is C20H23N3O3. The lowest BCUT2D eigenvalue weighted by Gasteiger charge is -2.16. The van der Waals surface area contributed by atoms with Gasteiger partial charge < -0.3 is 15.0 Å². The van der Waals surface area contributed by atoms with Crippen molar-refractivity contribution >= 4 is 11.8 Å². The van der Waals surface area contributed by atoms with Crippen molar-refractivity contribution < 1.29 is 14.3 Å². The average Bonchev–Trinajstić information content (AvgIpc) is 3.06. The molecule has 26 heavy (non-hydrogen) atoms. The number of rotatable bonds is 7. The maximum atomic E-state index is 12.3. The van der Waals surface area contributed by atoms with Gasteiger partial charge in [-0.2, -0.15) is 0 Å². The van der Waals surface area contributed by atoms with Crippen molar-refractivity contribution in [3.63, 3.8) is 0 Å². The number of aromatic nitrogens is 1. The molecule has 1 saturated heterocycles. The molecule has 1 aliphatic rings. The minimum Gasteiger partial charge on any atom is -0.497 e. The fourth-order valence-corrected chi connectivity index (χ4v) is 3.06. The molecule has 0 spiro atoms. The van der Waals surface area contributed by atoms with Crippen molar-refractivity contribution in [3.05, 3.63) is 59.9 Å². The van der Waals surface area contributed by atoms with Crippen molar-refractivity contribution in [2.24, 2.45) is 5.92 Å². The van der Waals surface area contributed by atoms with Crippen LogP contribution in [-0.4, -0.2) is 41.9 Å². The second-order valence-corrected chi connectivity index (χ2v) is 6.42. The molecule has 2 heterocycles. The molecule has 1 N–H and O–H groups in total. The fourth-order valence-electron chi connectivity index (χ4n) is 3.06. The number of amides is 2. The minimum absolute atomic E-state index is 0.0417. The molecule has 6 heteroatoms. The lowest BCUT2D eigenvalue weighted by Crippen LogP contribution is -2.33. The van der Waals surface area contributed by atoms with E-state index < -0.39 is 0 Å². The van der Waals surface area contributed by atoms with E-state index in [9.17, 15) is 9.59 Å². The van der Waals surface area contributed by atoms with Crippen LogP contribution in [0.1, 0.15) is 17.5 Å². The molecule has 1 fully saturated rings. The quantitative estimate of drug-likeness (QED) is 0.824. The Labute approximate surface area is 153 Å². The van der Waals surface area contributed by atoms with Crippen molar-refractivity contribution in [1.82, 2.24) is 15.2 Å². The van der Waals surface area contributed by atoms with Gasteiger partial charge in [0.15, 0.2) is 0 Å². The summed E-state index contributed by atoms with van der Waals surface area (Å²) in [7, 11) is 1.64.